The van der Waals surface area contributed by atoms with Crippen LogP contribution in [0, 0.1) is 0 Å². The molecule has 4 N–H and O–H groups in total. The summed E-state index contributed by atoms with van der Waals surface area (Å²) in [6.45, 7) is -0.360. The zero-order valence-electron chi connectivity index (χ0n) is 10.2. The number of primary amides is 1. The Morgan fingerprint density at radius 2 is 2.05 bits per heavy atom. The predicted octanol–water partition coefficient (Wildman–Crippen LogP) is -0.944. The minimum Gasteiger partial charge on any atom is -0.480 e. The first-order valence-corrected chi connectivity index (χ1v) is 6.25. The van der Waals surface area contributed by atoms with E-state index in [-0.39, 0.29) is 6.54 Å². The van der Waals surface area contributed by atoms with E-state index >= 15 is 0 Å². The quantitative estimate of drug-likeness (QED) is 0.611. The second kappa shape index (κ2) is 6.85. The fraction of sp³-hybridized carbons (Fsp3) is 0.273. The van der Waals surface area contributed by atoms with Gasteiger partial charge in [0.15, 0.2) is 0 Å². The van der Waals surface area contributed by atoms with Crippen LogP contribution in [0.2, 0.25) is 0 Å². The van der Waals surface area contributed by atoms with Crippen LogP contribution in [0.15, 0.2) is 27.6 Å². The molecule has 0 saturated carbocycles. The molecule has 8 nitrogen and oxygen atoms in total. The summed E-state index contributed by atoms with van der Waals surface area (Å²) in [7, 11) is 0. The molecule has 9 heteroatoms. The number of carboxylic acid groups (broad SMARTS) is 1. The number of nitrogens with zero attached hydrogens (tertiary/aromatic N) is 1. The number of carbonyl (C=O) groups excluding carboxylic acids is 2. The first kappa shape index (κ1) is 15.9. The molecular formula is C11H12BrN3O5. The van der Waals surface area contributed by atoms with Crippen molar-refractivity contribution >= 4 is 33.7 Å². The van der Waals surface area contributed by atoms with Crippen LogP contribution in [-0.2, 0) is 20.9 Å². The number of nitrogens with two attached hydrogens (primary N) is 1. The highest BCUT2D eigenvalue weighted by atomic mass is 79.9. The molecule has 1 aromatic heterocycles. The topological polar surface area (TPSA) is 131 Å². The first-order valence-electron chi connectivity index (χ1n) is 5.46. The molecule has 0 aliphatic heterocycles. The Balaban J connectivity index is 2.75. The number of hydrogen-bond donors (Lipinski definition) is 3. The minimum absolute atomic E-state index is 0.360. The summed E-state index contributed by atoms with van der Waals surface area (Å²) in [5.74, 6) is -2.94. The van der Waals surface area contributed by atoms with Crippen molar-refractivity contribution in [1.29, 1.82) is 0 Å². The summed E-state index contributed by atoms with van der Waals surface area (Å²) in [5, 5.41) is 11.0. The Morgan fingerprint density at radius 1 is 1.40 bits per heavy atom. The summed E-state index contributed by atoms with van der Waals surface area (Å²) in [5.41, 5.74) is 4.48. The van der Waals surface area contributed by atoms with Crippen molar-refractivity contribution in [3.8, 4) is 0 Å². The van der Waals surface area contributed by atoms with Gasteiger partial charge in [-0.25, -0.2) is 4.79 Å². The van der Waals surface area contributed by atoms with E-state index in [1.807, 2.05) is 0 Å². The maximum Gasteiger partial charge on any atom is 0.326 e. The van der Waals surface area contributed by atoms with Gasteiger partial charge in [0.25, 0.3) is 5.56 Å². The normalized spacial score (nSPS) is 11.7. The summed E-state index contributed by atoms with van der Waals surface area (Å²) in [4.78, 5) is 44.7. The number of pyridine rings is 1. The highest BCUT2D eigenvalue weighted by Crippen LogP contribution is 2.04. The number of aromatic nitrogens is 1. The smallest absolute Gasteiger partial charge is 0.326 e. The van der Waals surface area contributed by atoms with E-state index in [0.717, 1.165) is 4.57 Å². The molecule has 1 atom stereocenters. The molecule has 1 heterocycles. The molecule has 1 aromatic rings. The molecule has 1 rings (SSSR count). The van der Waals surface area contributed by atoms with Crippen LogP contribution in [0.25, 0.3) is 0 Å². The largest absolute Gasteiger partial charge is 0.480 e. The summed E-state index contributed by atoms with van der Waals surface area (Å²) in [6, 6.07) is 1.36. The van der Waals surface area contributed by atoms with Crippen LogP contribution in [-0.4, -0.2) is 33.5 Å². The molecule has 20 heavy (non-hydrogen) atoms. The van der Waals surface area contributed by atoms with Gasteiger partial charge in [0.2, 0.25) is 11.8 Å². The molecular weight excluding hydrogens is 334 g/mol. The van der Waals surface area contributed by atoms with Crippen molar-refractivity contribution in [2.24, 2.45) is 5.73 Å². The van der Waals surface area contributed by atoms with Crippen molar-refractivity contribution in [2.75, 3.05) is 0 Å². The maximum atomic E-state index is 11.7. The molecule has 0 aliphatic carbocycles. The van der Waals surface area contributed by atoms with Crippen LogP contribution in [0.1, 0.15) is 6.42 Å². The molecule has 0 aliphatic rings. The number of carbonyl (C=O) groups is 3. The molecule has 0 aromatic carbocycles. The van der Waals surface area contributed by atoms with E-state index in [1.54, 1.807) is 0 Å². The van der Waals surface area contributed by atoms with E-state index in [9.17, 15) is 19.2 Å². The van der Waals surface area contributed by atoms with Crippen molar-refractivity contribution < 1.29 is 19.5 Å². The minimum atomic E-state index is -1.41. The van der Waals surface area contributed by atoms with Crippen LogP contribution >= 0.6 is 15.9 Å². The van der Waals surface area contributed by atoms with Crippen molar-refractivity contribution in [3.63, 3.8) is 0 Å². The predicted molar refractivity (Wildman–Crippen MR) is 71.8 cm³/mol. The number of aliphatic carboxylic acids is 1. The molecule has 0 radical (unpaired) electrons. The Labute approximate surface area is 121 Å². The molecule has 0 spiro atoms. The number of halogens is 1. The SMILES string of the molecule is NC(=O)C[C@@H](NC(=O)Cn1cc(Br)ccc1=O)C(=O)O. The first-order chi connectivity index (χ1) is 9.29. The van der Waals surface area contributed by atoms with E-state index < -0.39 is 35.8 Å². The number of amides is 2. The third-order valence-electron chi connectivity index (χ3n) is 2.30. The lowest BCUT2D eigenvalue weighted by atomic mass is 10.2. The molecule has 2 amide bonds. The van der Waals surface area contributed by atoms with Crippen LogP contribution in [0.4, 0.5) is 0 Å². The molecule has 0 saturated heterocycles. The maximum absolute atomic E-state index is 11.7. The molecule has 0 unspecified atom stereocenters. The monoisotopic (exact) mass is 345 g/mol. The highest BCUT2D eigenvalue weighted by Gasteiger charge is 2.22. The second-order valence-corrected chi connectivity index (χ2v) is 4.86. The van der Waals surface area contributed by atoms with E-state index in [0.29, 0.717) is 4.47 Å². The van der Waals surface area contributed by atoms with Crippen LogP contribution < -0.4 is 16.6 Å². The number of carboxylic acids is 1. The van der Waals surface area contributed by atoms with Gasteiger partial charge >= 0.3 is 5.97 Å². The van der Waals surface area contributed by atoms with Gasteiger partial charge in [-0.15, -0.1) is 0 Å². The molecule has 0 bridgehead atoms. The lowest BCUT2D eigenvalue weighted by Crippen LogP contribution is -2.45. The van der Waals surface area contributed by atoms with Gasteiger partial charge in [-0.05, 0) is 22.0 Å². The van der Waals surface area contributed by atoms with Crippen LogP contribution in [0.3, 0.4) is 0 Å². The summed E-state index contributed by atoms with van der Waals surface area (Å²) >= 11 is 3.15. The fourth-order valence-corrected chi connectivity index (χ4v) is 1.80. The Kier molecular flexibility index (Phi) is 5.44. The van der Waals surface area contributed by atoms with E-state index in [4.69, 9.17) is 10.8 Å². The van der Waals surface area contributed by atoms with Crippen molar-refractivity contribution in [1.82, 2.24) is 9.88 Å². The number of nitrogens with one attached hydrogen (secondary N) is 1. The van der Waals surface area contributed by atoms with Gasteiger partial charge < -0.3 is 20.7 Å². The van der Waals surface area contributed by atoms with Crippen LogP contribution in [0.5, 0.6) is 0 Å². The molecule has 108 valence electrons. The summed E-state index contributed by atoms with van der Waals surface area (Å²) < 4.78 is 1.69. The van der Waals surface area contributed by atoms with Gasteiger partial charge in [-0.3, -0.25) is 14.4 Å². The number of rotatable bonds is 6. The fourth-order valence-electron chi connectivity index (χ4n) is 1.42. The lowest BCUT2D eigenvalue weighted by molar-refractivity contribution is -0.143. The summed E-state index contributed by atoms with van der Waals surface area (Å²) in [6.07, 6.45) is 0.875. The third-order valence-corrected chi connectivity index (χ3v) is 2.77. The average Bonchev–Trinajstić information content (AvgIpc) is 2.32. The van der Waals surface area contributed by atoms with E-state index in [1.165, 1.54) is 18.3 Å². The zero-order chi connectivity index (χ0) is 15.3. The Morgan fingerprint density at radius 3 is 2.60 bits per heavy atom. The third kappa shape index (κ3) is 4.84. The second-order valence-electron chi connectivity index (χ2n) is 3.94. The van der Waals surface area contributed by atoms with E-state index in [2.05, 4.69) is 21.2 Å². The van der Waals surface area contributed by atoms with Gasteiger partial charge in [0.1, 0.15) is 12.6 Å². The van der Waals surface area contributed by atoms with Crippen molar-refractivity contribution in [3.05, 3.63) is 33.2 Å². The number of hydrogen-bond acceptors (Lipinski definition) is 4. The zero-order valence-corrected chi connectivity index (χ0v) is 11.8. The van der Waals surface area contributed by atoms with Gasteiger partial charge in [-0.1, -0.05) is 0 Å². The lowest BCUT2D eigenvalue weighted by Gasteiger charge is -2.13. The van der Waals surface area contributed by atoms with Gasteiger partial charge in [0.05, 0.1) is 6.42 Å². The van der Waals surface area contributed by atoms with Gasteiger partial charge in [0, 0.05) is 16.7 Å². The standard InChI is InChI=1S/C11H12BrN3O5/c12-6-1-2-10(18)15(4-6)5-9(17)14-7(11(19)20)3-8(13)16/h1-2,4,7H,3,5H2,(H2,13,16)(H,14,17)(H,19,20)/t7-/m1/s1. The highest BCUT2D eigenvalue weighted by molar-refractivity contribution is 9.10. The average molecular weight is 346 g/mol. The Bertz CT molecular complexity index is 598. The Hall–Kier alpha value is -2.16. The van der Waals surface area contributed by atoms with Crippen molar-refractivity contribution in [2.45, 2.75) is 19.0 Å². The van der Waals surface area contributed by atoms with Gasteiger partial charge in [-0.2, -0.15) is 0 Å². The molecule has 0 fully saturated rings.